The fourth-order valence-electron chi connectivity index (χ4n) is 3.73. The molecule has 0 aliphatic rings. The Morgan fingerprint density at radius 2 is 1.56 bits per heavy atom. The Hall–Kier alpha value is -5.31. The second-order valence-electron chi connectivity index (χ2n) is 8.67. The van der Waals surface area contributed by atoms with Crippen LogP contribution in [0, 0.1) is 0 Å². The molecule has 4 rings (SSSR count). The maximum Gasteiger partial charge on any atom is 0.271 e. The molecule has 0 heterocycles. The van der Waals surface area contributed by atoms with Crippen LogP contribution in [0.3, 0.4) is 0 Å². The molecule has 9 nitrogen and oxygen atoms in total. The van der Waals surface area contributed by atoms with E-state index >= 15 is 0 Å². The van der Waals surface area contributed by atoms with Crippen LogP contribution in [0.1, 0.15) is 28.4 Å². The quantitative estimate of drug-likeness (QED) is 0.168. The summed E-state index contributed by atoms with van der Waals surface area (Å²) < 4.78 is 22.4. The van der Waals surface area contributed by atoms with Gasteiger partial charge in [-0.05, 0) is 67.1 Å². The van der Waals surface area contributed by atoms with Crippen LogP contribution in [0.2, 0.25) is 0 Å². The van der Waals surface area contributed by atoms with E-state index in [2.05, 4.69) is 15.8 Å². The van der Waals surface area contributed by atoms with Gasteiger partial charge in [-0.2, -0.15) is 5.10 Å². The molecule has 2 N–H and O–H groups in total. The molecular weight excluding hydrogens is 522 g/mol. The molecule has 0 aromatic heterocycles. The average Bonchev–Trinajstić information content (AvgIpc) is 3.01. The van der Waals surface area contributed by atoms with Gasteiger partial charge in [0.15, 0.2) is 18.1 Å². The van der Waals surface area contributed by atoms with Crippen molar-refractivity contribution in [2.24, 2.45) is 5.10 Å². The molecule has 0 spiro atoms. The van der Waals surface area contributed by atoms with Crippen LogP contribution >= 0.6 is 0 Å². The Morgan fingerprint density at radius 1 is 0.805 bits per heavy atom. The van der Waals surface area contributed by atoms with Gasteiger partial charge in [0, 0.05) is 16.8 Å². The largest absolute Gasteiger partial charge is 0.497 e. The minimum Gasteiger partial charge on any atom is -0.497 e. The molecule has 41 heavy (non-hydrogen) atoms. The Labute approximate surface area is 238 Å². The van der Waals surface area contributed by atoms with Gasteiger partial charge in [0.2, 0.25) is 0 Å². The smallest absolute Gasteiger partial charge is 0.271 e. The zero-order valence-electron chi connectivity index (χ0n) is 22.8. The number of carbonyl (C=O) groups is 2. The molecule has 210 valence electrons. The van der Waals surface area contributed by atoms with Gasteiger partial charge in [0.05, 0.1) is 19.9 Å². The highest BCUT2D eigenvalue weighted by molar-refractivity contribution is 5.96. The van der Waals surface area contributed by atoms with Crippen molar-refractivity contribution in [1.82, 2.24) is 5.43 Å². The molecule has 0 radical (unpaired) electrons. The topological polar surface area (TPSA) is 107 Å². The molecule has 4 aromatic carbocycles. The lowest BCUT2D eigenvalue weighted by molar-refractivity contribution is -0.118. The van der Waals surface area contributed by atoms with Crippen LogP contribution in [-0.2, 0) is 11.4 Å². The predicted molar refractivity (Wildman–Crippen MR) is 157 cm³/mol. The number of hydrogen-bond acceptors (Lipinski definition) is 7. The Bertz CT molecular complexity index is 1470. The number of para-hydroxylation sites is 1. The van der Waals surface area contributed by atoms with Crippen LogP contribution in [0.15, 0.2) is 102 Å². The Morgan fingerprint density at radius 3 is 2.32 bits per heavy atom. The summed E-state index contributed by atoms with van der Waals surface area (Å²) in [6.45, 7) is 2.45. The van der Waals surface area contributed by atoms with E-state index < -0.39 is 5.91 Å². The summed E-state index contributed by atoms with van der Waals surface area (Å²) in [5, 5.41) is 6.84. The van der Waals surface area contributed by atoms with E-state index in [0.29, 0.717) is 53.0 Å². The van der Waals surface area contributed by atoms with E-state index in [4.69, 9.17) is 18.9 Å². The zero-order valence-corrected chi connectivity index (χ0v) is 22.8. The molecule has 0 aliphatic heterocycles. The van der Waals surface area contributed by atoms with Gasteiger partial charge in [0.25, 0.3) is 11.8 Å². The summed E-state index contributed by atoms with van der Waals surface area (Å²) in [7, 11) is 1.58. The molecular formula is C32H31N3O6. The number of ether oxygens (including phenoxy) is 4. The molecule has 0 saturated carbocycles. The number of benzene rings is 4. The average molecular weight is 554 g/mol. The Kier molecular flexibility index (Phi) is 10.3. The number of carbonyl (C=O) groups excluding carboxylic acids is 2. The van der Waals surface area contributed by atoms with Crippen molar-refractivity contribution >= 4 is 23.7 Å². The first-order chi connectivity index (χ1) is 20.1. The zero-order chi connectivity index (χ0) is 28.9. The maximum absolute atomic E-state index is 12.8. The number of hydrazone groups is 1. The first-order valence-electron chi connectivity index (χ1n) is 13.0. The van der Waals surface area contributed by atoms with Crippen LogP contribution in [0.25, 0.3) is 0 Å². The third-order valence-electron chi connectivity index (χ3n) is 5.76. The van der Waals surface area contributed by atoms with Crippen molar-refractivity contribution in [2.45, 2.75) is 13.5 Å². The van der Waals surface area contributed by atoms with E-state index in [1.807, 2.05) is 37.3 Å². The maximum atomic E-state index is 12.8. The first-order valence-corrected chi connectivity index (χ1v) is 13.0. The number of anilines is 1. The SMILES string of the molecule is CCOc1cc(C(=O)N/N=C/c2ccccc2OCC(=O)Nc2ccc(OC)cc2)ccc1OCc1ccccc1. The van der Waals surface area contributed by atoms with Gasteiger partial charge in [-0.3, -0.25) is 9.59 Å². The molecule has 9 heteroatoms. The number of hydrogen-bond donors (Lipinski definition) is 2. The number of methoxy groups -OCH3 is 1. The highest BCUT2D eigenvalue weighted by Gasteiger charge is 2.12. The Balaban J connectivity index is 1.33. The number of nitrogens with zero attached hydrogens (tertiary/aromatic N) is 1. The lowest BCUT2D eigenvalue weighted by atomic mass is 10.2. The van der Waals surface area contributed by atoms with Gasteiger partial charge in [-0.1, -0.05) is 42.5 Å². The third-order valence-corrected chi connectivity index (χ3v) is 5.76. The number of amides is 2. The predicted octanol–water partition coefficient (Wildman–Crippen LogP) is 5.45. The van der Waals surface area contributed by atoms with Gasteiger partial charge < -0.3 is 24.3 Å². The van der Waals surface area contributed by atoms with Crippen molar-refractivity contribution in [3.05, 3.63) is 114 Å². The summed E-state index contributed by atoms with van der Waals surface area (Å²) in [4.78, 5) is 25.1. The molecule has 0 aliphatic carbocycles. The van der Waals surface area contributed by atoms with Crippen LogP contribution < -0.4 is 29.7 Å². The van der Waals surface area contributed by atoms with Crippen LogP contribution in [0.5, 0.6) is 23.0 Å². The van der Waals surface area contributed by atoms with Gasteiger partial charge in [-0.15, -0.1) is 0 Å². The van der Waals surface area contributed by atoms with E-state index in [1.165, 1.54) is 6.21 Å². The van der Waals surface area contributed by atoms with Crippen molar-refractivity contribution in [1.29, 1.82) is 0 Å². The van der Waals surface area contributed by atoms with Crippen molar-refractivity contribution in [3.63, 3.8) is 0 Å². The normalized spacial score (nSPS) is 10.6. The highest BCUT2D eigenvalue weighted by Crippen LogP contribution is 2.29. The van der Waals surface area contributed by atoms with Crippen molar-refractivity contribution < 1.29 is 28.5 Å². The minimum atomic E-state index is -0.422. The lowest BCUT2D eigenvalue weighted by Gasteiger charge is -2.13. The van der Waals surface area contributed by atoms with Crippen LogP contribution in [-0.4, -0.2) is 38.4 Å². The molecule has 0 saturated heterocycles. The molecule has 0 atom stereocenters. The second kappa shape index (κ2) is 14.7. The van der Waals surface area contributed by atoms with Gasteiger partial charge in [0.1, 0.15) is 18.1 Å². The van der Waals surface area contributed by atoms with Crippen molar-refractivity contribution in [3.8, 4) is 23.0 Å². The fourth-order valence-corrected chi connectivity index (χ4v) is 3.73. The standard InChI is InChI=1S/C32H31N3O6/c1-3-39-30-19-24(13-18-29(30)40-21-23-9-5-4-6-10-23)32(37)35-33-20-25-11-7-8-12-28(25)41-22-31(36)34-26-14-16-27(38-2)17-15-26/h4-20H,3,21-22H2,1-2H3,(H,34,36)(H,35,37)/b33-20+. The molecule has 0 bridgehead atoms. The monoisotopic (exact) mass is 553 g/mol. The summed E-state index contributed by atoms with van der Waals surface area (Å²) in [6.07, 6.45) is 1.45. The minimum absolute atomic E-state index is 0.206. The summed E-state index contributed by atoms with van der Waals surface area (Å²) in [6, 6.07) is 28.8. The summed E-state index contributed by atoms with van der Waals surface area (Å²) >= 11 is 0. The summed E-state index contributed by atoms with van der Waals surface area (Å²) in [5.41, 5.74) is 5.11. The molecule has 2 amide bonds. The van der Waals surface area contributed by atoms with E-state index in [9.17, 15) is 9.59 Å². The van der Waals surface area contributed by atoms with Crippen molar-refractivity contribution in [2.75, 3.05) is 25.6 Å². The second-order valence-corrected chi connectivity index (χ2v) is 8.67. The fraction of sp³-hybridized carbons (Fsp3) is 0.156. The number of nitrogens with one attached hydrogen (secondary N) is 2. The third kappa shape index (κ3) is 8.59. The number of rotatable bonds is 13. The molecule has 4 aromatic rings. The first kappa shape index (κ1) is 28.7. The van der Waals surface area contributed by atoms with E-state index in [1.54, 1.807) is 73.8 Å². The van der Waals surface area contributed by atoms with E-state index in [0.717, 1.165) is 5.56 Å². The van der Waals surface area contributed by atoms with Gasteiger partial charge in [-0.25, -0.2) is 5.43 Å². The lowest BCUT2D eigenvalue weighted by Crippen LogP contribution is -2.20. The highest BCUT2D eigenvalue weighted by atomic mass is 16.5. The van der Waals surface area contributed by atoms with E-state index in [-0.39, 0.29) is 12.5 Å². The summed E-state index contributed by atoms with van der Waals surface area (Å²) in [5.74, 6) is 1.39. The molecule has 0 unspecified atom stereocenters. The molecule has 0 fully saturated rings. The van der Waals surface area contributed by atoms with Gasteiger partial charge >= 0.3 is 0 Å². The van der Waals surface area contributed by atoms with Crippen LogP contribution in [0.4, 0.5) is 5.69 Å².